The van der Waals surface area contributed by atoms with Crippen molar-refractivity contribution < 1.29 is 4.74 Å². The third-order valence-corrected chi connectivity index (χ3v) is 6.62. The molecule has 3 aliphatic heterocycles. The molecule has 0 bridgehead atoms. The molecule has 1 aromatic heterocycles. The van der Waals surface area contributed by atoms with Crippen LogP contribution in [0.4, 0.5) is 5.69 Å². The molecule has 11 nitrogen and oxygen atoms in total. The molecule has 2 fully saturated rings. The summed E-state index contributed by atoms with van der Waals surface area (Å²) in [6.07, 6.45) is 9.69. The van der Waals surface area contributed by atoms with E-state index in [0.717, 1.165) is 73.3 Å². The first-order valence-corrected chi connectivity index (χ1v) is 12.1. The summed E-state index contributed by atoms with van der Waals surface area (Å²) in [5.74, 6) is 2.27. The standard InChI is InChI=1S/C24H28N10O/c1-32-8-6-19(7-9-32)35-22-5-4-17(10-21(22)33-14-27-28-15-33)30-23-11-20(29-16-2-3-16)24-26-13-18(12-25)34(24)31-23/h4-5,10-11,14-16,18-19,30-31H,2-3,6-9,13H2,1H3. The zero-order valence-corrected chi connectivity index (χ0v) is 19.6. The number of amidine groups is 1. The number of aromatic nitrogens is 3. The molecule has 1 saturated heterocycles. The summed E-state index contributed by atoms with van der Waals surface area (Å²) in [4.78, 5) is 11.7. The molecule has 1 saturated carbocycles. The summed E-state index contributed by atoms with van der Waals surface area (Å²) >= 11 is 0. The number of rotatable bonds is 6. The number of hydrogen-bond donors (Lipinski definition) is 2. The first-order valence-electron chi connectivity index (χ1n) is 12.1. The second-order valence-corrected chi connectivity index (χ2v) is 9.39. The molecule has 4 heterocycles. The SMILES string of the molecule is CN1CCC(Oc2ccc(NC3=CC(=NC4CC4)C4=NCC(C#N)N4N3)cc2-n2cnnc2)CC1. The molecule has 0 amide bonds. The fourth-order valence-corrected chi connectivity index (χ4v) is 4.49. The van der Waals surface area contributed by atoms with E-state index in [1.807, 2.05) is 33.9 Å². The van der Waals surface area contributed by atoms with Crippen LogP contribution in [-0.2, 0) is 0 Å². The summed E-state index contributed by atoms with van der Waals surface area (Å²) < 4.78 is 8.27. The maximum Gasteiger partial charge on any atom is 0.169 e. The maximum atomic E-state index is 9.57. The Balaban J connectivity index is 1.27. The van der Waals surface area contributed by atoms with Crippen LogP contribution in [0.2, 0.25) is 0 Å². The van der Waals surface area contributed by atoms with Crippen LogP contribution in [0.25, 0.3) is 5.69 Å². The van der Waals surface area contributed by atoms with Gasteiger partial charge in [-0.3, -0.25) is 20.0 Å². The van der Waals surface area contributed by atoms with E-state index < -0.39 is 0 Å². The number of piperidine rings is 1. The molecule has 11 heteroatoms. The van der Waals surface area contributed by atoms with Gasteiger partial charge in [-0.05, 0) is 50.9 Å². The van der Waals surface area contributed by atoms with Gasteiger partial charge in [-0.2, -0.15) is 5.26 Å². The van der Waals surface area contributed by atoms with E-state index in [-0.39, 0.29) is 12.1 Å². The largest absolute Gasteiger partial charge is 0.488 e. The molecule has 1 unspecified atom stereocenters. The summed E-state index contributed by atoms with van der Waals surface area (Å²) in [6, 6.07) is 8.30. The Kier molecular flexibility index (Phi) is 5.58. The number of benzene rings is 1. The predicted octanol–water partition coefficient (Wildman–Crippen LogP) is 1.72. The van der Waals surface area contributed by atoms with Gasteiger partial charge in [0.2, 0.25) is 0 Å². The number of hydrogen-bond acceptors (Lipinski definition) is 10. The van der Waals surface area contributed by atoms with Crippen LogP contribution in [0.5, 0.6) is 5.75 Å². The van der Waals surface area contributed by atoms with Crippen molar-refractivity contribution in [2.75, 3.05) is 32.0 Å². The van der Waals surface area contributed by atoms with Gasteiger partial charge in [0.1, 0.15) is 36.0 Å². The molecule has 0 spiro atoms. The van der Waals surface area contributed by atoms with Gasteiger partial charge in [0.15, 0.2) is 11.9 Å². The molecule has 1 aliphatic carbocycles. The van der Waals surface area contributed by atoms with E-state index in [4.69, 9.17) is 9.73 Å². The molecule has 2 N–H and O–H groups in total. The minimum absolute atomic E-state index is 0.181. The van der Waals surface area contributed by atoms with E-state index in [1.54, 1.807) is 12.7 Å². The molecule has 35 heavy (non-hydrogen) atoms. The Morgan fingerprint density at radius 1 is 1.17 bits per heavy atom. The number of nitrogens with one attached hydrogen (secondary N) is 2. The summed E-state index contributed by atoms with van der Waals surface area (Å²) in [5.41, 5.74) is 5.85. The highest BCUT2D eigenvalue weighted by Gasteiger charge is 2.35. The van der Waals surface area contributed by atoms with Crippen molar-refractivity contribution in [3.63, 3.8) is 0 Å². The van der Waals surface area contributed by atoms with Crippen LogP contribution in [-0.4, -0.2) is 81.1 Å². The smallest absolute Gasteiger partial charge is 0.169 e. The van der Waals surface area contributed by atoms with E-state index in [2.05, 4.69) is 43.9 Å². The van der Waals surface area contributed by atoms with Crippen LogP contribution in [0, 0.1) is 11.3 Å². The molecule has 4 aliphatic rings. The average molecular weight is 473 g/mol. The number of likely N-dealkylation sites (tertiary alicyclic amines) is 1. The van der Waals surface area contributed by atoms with Crippen LogP contribution in [0.3, 0.4) is 0 Å². The molecular formula is C24H28N10O. The Bertz CT molecular complexity index is 1220. The highest BCUT2D eigenvalue weighted by molar-refractivity contribution is 6.46. The minimum atomic E-state index is -0.363. The number of hydrazine groups is 1. The third-order valence-electron chi connectivity index (χ3n) is 6.62. The first kappa shape index (κ1) is 21.6. The van der Waals surface area contributed by atoms with Crippen molar-refractivity contribution in [3.8, 4) is 17.5 Å². The molecule has 6 rings (SSSR count). The van der Waals surface area contributed by atoms with Crippen LogP contribution < -0.4 is 15.5 Å². The predicted molar refractivity (Wildman–Crippen MR) is 131 cm³/mol. The summed E-state index contributed by atoms with van der Waals surface area (Å²) in [5, 5.41) is 22.8. The van der Waals surface area contributed by atoms with Gasteiger partial charge >= 0.3 is 0 Å². The van der Waals surface area contributed by atoms with Gasteiger partial charge in [-0.15, -0.1) is 10.2 Å². The zero-order valence-electron chi connectivity index (χ0n) is 19.6. The Morgan fingerprint density at radius 2 is 1.97 bits per heavy atom. The third kappa shape index (κ3) is 4.57. The van der Waals surface area contributed by atoms with Crippen molar-refractivity contribution in [3.05, 3.63) is 42.8 Å². The van der Waals surface area contributed by atoms with E-state index >= 15 is 0 Å². The Hall–Kier alpha value is -3.91. The highest BCUT2D eigenvalue weighted by Crippen LogP contribution is 2.30. The van der Waals surface area contributed by atoms with Crippen LogP contribution >= 0.6 is 0 Å². The van der Waals surface area contributed by atoms with Gasteiger partial charge < -0.3 is 15.0 Å². The Morgan fingerprint density at radius 3 is 2.71 bits per heavy atom. The van der Waals surface area contributed by atoms with E-state index in [1.165, 1.54) is 0 Å². The van der Waals surface area contributed by atoms with Crippen molar-refractivity contribution in [1.82, 2.24) is 30.1 Å². The molecule has 2 aromatic rings. The first-order chi connectivity index (χ1) is 17.2. The topological polar surface area (TPSA) is 119 Å². The van der Waals surface area contributed by atoms with Crippen molar-refractivity contribution >= 4 is 17.2 Å². The average Bonchev–Trinajstić information content (AvgIpc) is 3.34. The van der Waals surface area contributed by atoms with E-state index in [0.29, 0.717) is 12.6 Å². The fraction of sp³-hybridized carbons (Fsp3) is 0.458. The maximum absolute atomic E-state index is 9.57. The van der Waals surface area contributed by atoms with Gasteiger partial charge in [-0.25, -0.2) is 5.01 Å². The molecular weight excluding hydrogens is 444 g/mol. The van der Waals surface area contributed by atoms with Gasteiger partial charge in [0.05, 0.1) is 24.3 Å². The van der Waals surface area contributed by atoms with Crippen molar-refractivity contribution in [2.24, 2.45) is 9.98 Å². The number of nitriles is 1. The lowest BCUT2D eigenvalue weighted by atomic mass is 10.1. The van der Waals surface area contributed by atoms with Gasteiger partial charge in [-0.1, -0.05) is 0 Å². The lowest BCUT2D eigenvalue weighted by molar-refractivity contribution is 0.114. The fourth-order valence-electron chi connectivity index (χ4n) is 4.49. The number of nitrogens with zero attached hydrogens (tertiary/aromatic N) is 8. The zero-order chi connectivity index (χ0) is 23.8. The van der Waals surface area contributed by atoms with Crippen molar-refractivity contribution in [2.45, 2.75) is 43.9 Å². The highest BCUT2D eigenvalue weighted by atomic mass is 16.5. The Labute approximate surface area is 203 Å². The number of anilines is 1. The molecule has 180 valence electrons. The van der Waals surface area contributed by atoms with E-state index in [9.17, 15) is 5.26 Å². The number of fused-ring (bicyclic) bond motifs is 1. The lowest BCUT2D eigenvalue weighted by Gasteiger charge is -2.31. The second kappa shape index (κ2) is 9.03. The minimum Gasteiger partial charge on any atom is -0.488 e. The summed E-state index contributed by atoms with van der Waals surface area (Å²) in [6.45, 7) is 2.50. The summed E-state index contributed by atoms with van der Waals surface area (Å²) in [7, 11) is 2.14. The molecule has 0 radical (unpaired) electrons. The molecule has 1 aromatic carbocycles. The number of ether oxygens (including phenoxy) is 1. The second-order valence-electron chi connectivity index (χ2n) is 9.39. The van der Waals surface area contributed by atoms with Gasteiger partial charge in [0.25, 0.3) is 0 Å². The monoisotopic (exact) mass is 472 g/mol. The van der Waals surface area contributed by atoms with Gasteiger partial charge in [0, 0.05) is 24.9 Å². The van der Waals surface area contributed by atoms with Crippen LogP contribution in [0.15, 0.2) is 52.7 Å². The normalized spacial score (nSPS) is 23.8. The molecule has 1 atom stereocenters. The van der Waals surface area contributed by atoms with Crippen molar-refractivity contribution in [1.29, 1.82) is 5.26 Å². The number of aliphatic imine (C=N–C) groups is 2. The quantitative estimate of drug-likeness (QED) is 0.652. The van der Waals surface area contributed by atoms with Crippen LogP contribution in [0.1, 0.15) is 25.7 Å². The lowest BCUT2D eigenvalue weighted by Crippen LogP contribution is -2.52.